The van der Waals surface area contributed by atoms with Gasteiger partial charge in [0.2, 0.25) is 0 Å². The third kappa shape index (κ3) is 4.18. The van der Waals surface area contributed by atoms with Gasteiger partial charge >= 0.3 is 12.0 Å². The maximum Gasteiger partial charge on any atom is 0.329 e. The first-order valence-corrected chi connectivity index (χ1v) is 6.48. The minimum atomic E-state index is -1.09. The molecule has 104 valence electrons. The Morgan fingerprint density at radius 2 is 1.94 bits per heavy atom. The number of hydrogen-bond acceptors (Lipinski definition) is 3. The number of nitrogens with one attached hydrogen (secondary N) is 2. The van der Waals surface area contributed by atoms with Crippen molar-refractivity contribution < 1.29 is 19.4 Å². The summed E-state index contributed by atoms with van der Waals surface area (Å²) in [4.78, 5) is 23.0. The Morgan fingerprint density at radius 1 is 1.28 bits per heavy atom. The molecule has 0 aliphatic heterocycles. The van der Waals surface area contributed by atoms with E-state index in [1.807, 2.05) is 6.92 Å². The van der Waals surface area contributed by atoms with E-state index in [1.165, 1.54) is 0 Å². The van der Waals surface area contributed by atoms with E-state index in [9.17, 15) is 14.7 Å². The average Bonchev–Trinajstić information content (AvgIpc) is 2.35. The smallest absolute Gasteiger partial charge is 0.329 e. The van der Waals surface area contributed by atoms with E-state index < -0.39 is 17.5 Å². The lowest BCUT2D eigenvalue weighted by atomic mass is 9.82. The normalized spacial score (nSPS) is 18.1. The Hall–Kier alpha value is -1.30. The van der Waals surface area contributed by atoms with Crippen LogP contribution in [0.4, 0.5) is 4.79 Å². The second kappa shape index (κ2) is 7.20. The Kier molecular flexibility index (Phi) is 5.91. The highest BCUT2D eigenvalue weighted by Crippen LogP contribution is 2.28. The Bertz CT molecular complexity index is 288. The molecule has 1 fully saturated rings. The molecule has 0 bridgehead atoms. The quantitative estimate of drug-likeness (QED) is 0.623. The first-order chi connectivity index (χ1) is 8.60. The highest BCUT2D eigenvalue weighted by Gasteiger charge is 2.40. The van der Waals surface area contributed by atoms with Crippen molar-refractivity contribution in [3.05, 3.63) is 0 Å². The van der Waals surface area contributed by atoms with Gasteiger partial charge in [-0.2, -0.15) is 0 Å². The van der Waals surface area contributed by atoms with Gasteiger partial charge in [0.1, 0.15) is 5.54 Å². The minimum absolute atomic E-state index is 0.384. The van der Waals surface area contributed by atoms with Crippen LogP contribution < -0.4 is 10.6 Å². The number of rotatable bonds is 6. The monoisotopic (exact) mass is 258 g/mol. The zero-order valence-corrected chi connectivity index (χ0v) is 10.8. The van der Waals surface area contributed by atoms with Crippen LogP contribution in [-0.4, -0.2) is 42.4 Å². The molecule has 3 N–H and O–H groups in total. The van der Waals surface area contributed by atoms with Crippen LogP contribution in [0.15, 0.2) is 0 Å². The van der Waals surface area contributed by atoms with Gasteiger partial charge < -0.3 is 20.5 Å². The number of hydrogen-bond donors (Lipinski definition) is 3. The van der Waals surface area contributed by atoms with Crippen molar-refractivity contribution in [3.8, 4) is 0 Å². The van der Waals surface area contributed by atoms with Crippen molar-refractivity contribution in [2.24, 2.45) is 0 Å². The van der Waals surface area contributed by atoms with E-state index in [0.29, 0.717) is 32.6 Å². The van der Waals surface area contributed by atoms with E-state index >= 15 is 0 Å². The van der Waals surface area contributed by atoms with Gasteiger partial charge in [-0.15, -0.1) is 0 Å². The molecule has 6 heteroatoms. The lowest BCUT2D eigenvalue weighted by molar-refractivity contribution is -0.145. The molecule has 0 unspecified atom stereocenters. The SMILES string of the molecule is CCOCCNC(=O)NC1(C(=O)O)CCCCC1. The fourth-order valence-electron chi connectivity index (χ4n) is 2.19. The van der Waals surface area contributed by atoms with Gasteiger partial charge in [-0.1, -0.05) is 19.3 Å². The lowest BCUT2D eigenvalue weighted by Gasteiger charge is -2.33. The van der Waals surface area contributed by atoms with Crippen molar-refractivity contribution in [2.45, 2.75) is 44.6 Å². The molecule has 0 aromatic heterocycles. The number of aliphatic carboxylic acids is 1. The summed E-state index contributed by atoms with van der Waals surface area (Å²) >= 11 is 0. The summed E-state index contributed by atoms with van der Waals surface area (Å²) in [5.41, 5.74) is -1.09. The number of carbonyl (C=O) groups is 2. The number of amides is 2. The Balaban J connectivity index is 2.41. The van der Waals surface area contributed by atoms with E-state index in [2.05, 4.69) is 10.6 Å². The zero-order valence-electron chi connectivity index (χ0n) is 10.8. The Labute approximate surface area is 107 Å². The molecule has 0 atom stereocenters. The van der Waals surface area contributed by atoms with E-state index in [-0.39, 0.29) is 0 Å². The van der Waals surface area contributed by atoms with Crippen LogP contribution in [0.2, 0.25) is 0 Å². The average molecular weight is 258 g/mol. The van der Waals surface area contributed by atoms with E-state index in [0.717, 1.165) is 19.3 Å². The predicted octanol–water partition coefficient (Wildman–Crippen LogP) is 1.11. The van der Waals surface area contributed by atoms with Gasteiger partial charge in [0.15, 0.2) is 0 Å². The summed E-state index contributed by atoms with van der Waals surface area (Å²) in [5.74, 6) is -0.942. The standard InChI is InChI=1S/C12H22N2O4/c1-2-18-9-8-13-11(17)14-12(10(15)16)6-4-3-5-7-12/h2-9H2,1H3,(H,15,16)(H2,13,14,17). The summed E-state index contributed by atoms with van der Waals surface area (Å²) in [6, 6.07) is -0.431. The number of urea groups is 1. The third-order valence-electron chi connectivity index (χ3n) is 3.21. The van der Waals surface area contributed by atoms with Crippen LogP contribution in [0.5, 0.6) is 0 Å². The molecule has 1 rings (SSSR count). The predicted molar refractivity (Wildman–Crippen MR) is 66.5 cm³/mol. The molecular weight excluding hydrogens is 236 g/mol. The first kappa shape index (κ1) is 14.8. The van der Waals surface area contributed by atoms with Gasteiger partial charge in [-0.05, 0) is 19.8 Å². The molecule has 1 saturated carbocycles. The summed E-state index contributed by atoms with van der Waals surface area (Å²) in [6.07, 6.45) is 3.71. The highest BCUT2D eigenvalue weighted by molar-refractivity contribution is 5.86. The van der Waals surface area contributed by atoms with Gasteiger partial charge in [-0.25, -0.2) is 9.59 Å². The molecule has 1 aliphatic rings. The van der Waals surface area contributed by atoms with Crippen molar-refractivity contribution in [2.75, 3.05) is 19.8 Å². The second-order valence-corrected chi connectivity index (χ2v) is 4.53. The molecule has 6 nitrogen and oxygen atoms in total. The highest BCUT2D eigenvalue weighted by atomic mass is 16.5. The van der Waals surface area contributed by atoms with Crippen LogP contribution >= 0.6 is 0 Å². The van der Waals surface area contributed by atoms with Crippen LogP contribution in [-0.2, 0) is 9.53 Å². The summed E-state index contributed by atoms with van der Waals surface area (Å²) in [6.45, 7) is 3.29. The summed E-state index contributed by atoms with van der Waals surface area (Å²) in [7, 11) is 0. The summed E-state index contributed by atoms with van der Waals surface area (Å²) in [5, 5.41) is 14.5. The van der Waals surface area contributed by atoms with Crippen LogP contribution in [0.25, 0.3) is 0 Å². The maximum atomic E-state index is 11.6. The topological polar surface area (TPSA) is 87.7 Å². The van der Waals surface area contributed by atoms with Crippen molar-refractivity contribution in [1.29, 1.82) is 0 Å². The fourth-order valence-corrected chi connectivity index (χ4v) is 2.19. The molecular formula is C12H22N2O4. The number of carboxylic acid groups (broad SMARTS) is 1. The van der Waals surface area contributed by atoms with E-state index in [1.54, 1.807) is 0 Å². The zero-order chi connectivity index (χ0) is 13.4. The molecule has 0 aromatic rings. The number of ether oxygens (including phenoxy) is 1. The summed E-state index contributed by atoms with van der Waals surface area (Å²) < 4.78 is 5.09. The second-order valence-electron chi connectivity index (χ2n) is 4.53. The van der Waals surface area contributed by atoms with Crippen LogP contribution in [0, 0.1) is 0 Å². The van der Waals surface area contributed by atoms with E-state index in [4.69, 9.17) is 4.74 Å². The molecule has 18 heavy (non-hydrogen) atoms. The molecule has 0 saturated heterocycles. The third-order valence-corrected chi connectivity index (χ3v) is 3.21. The number of carboxylic acids is 1. The largest absolute Gasteiger partial charge is 0.480 e. The van der Waals surface area contributed by atoms with Crippen molar-refractivity contribution in [3.63, 3.8) is 0 Å². The van der Waals surface area contributed by atoms with Crippen LogP contribution in [0.3, 0.4) is 0 Å². The first-order valence-electron chi connectivity index (χ1n) is 6.48. The van der Waals surface area contributed by atoms with Crippen molar-refractivity contribution in [1.82, 2.24) is 10.6 Å². The Morgan fingerprint density at radius 3 is 2.50 bits per heavy atom. The van der Waals surface area contributed by atoms with Crippen LogP contribution in [0.1, 0.15) is 39.0 Å². The van der Waals surface area contributed by atoms with Gasteiger partial charge in [0.05, 0.1) is 6.61 Å². The molecule has 0 aromatic carbocycles. The minimum Gasteiger partial charge on any atom is -0.480 e. The lowest BCUT2D eigenvalue weighted by Crippen LogP contribution is -2.58. The molecule has 0 radical (unpaired) electrons. The van der Waals surface area contributed by atoms with Crippen molar-refractivity contribution >= 4 is 12.0 Å². The molecule has 0 spiro atoms. The fraction of sp³-hybridized carbons (Fsp3) is 0.833. The van der Waals surface area contributed by atoms with Gasteiger partial charge in [0, 0.05) is 13.2 Å². The van der Waals surface area contributed by atoms with Gasteiger partial charge in [-0.3, -0.25) is 0 Å². The molecule has 0 heterocycles. The number of carbonyl (C=O) groups excluding carboxylic acids is 1. The molecule has 1 aliphatic carbocycles. The molecule has 2 amide bonds. The van der Waals surface area contributed by atoms with Gasteiger partial charge in [0.25, 0.3) is 0 Å². The maximum absolute atomic E-state index is 11.6.